The van der Waals surface area contributed by atoms with Gasteiger partial charge in [0.15, 0.2) is 0 Å². The van der Waals surface area contributed by atoms with Crippen LogP contribution in [0.2, 0.25) is 0 Å². The van der Waals surface area contributed by atoms with Gasteiger partial charge in [-0.2, -0.15) is 0 Å². The quantitative estimate of drug-likeness (QED) is 0.660. The lowest BCUT2D eigenvalue weighted by Crippen LogP contribution is -1.98. The number of nitrogens with zero attached hydrogens (tertiary/aromatic N) is 1. The lowest BCUT2D eigenvalue weighted by atomic mass is 10.1. The van der Waals surface area contributed by atoms with Gasteiger partial charge < -0.3 is 4.57 Å². The molecule has 0 aliphatic heterocycles. The first-order valence-electron chi connectivity index (χ1n) is 5.15. The van der Waals surface area contributed by atoms with Crippen molar-refractivity contribution >= 4 is 10.8 Å². The maximum Gasteiger partial charge on any atom is 0.0401 e. The highest BCUT2D eigenvalue weighted by Crippen LogP contribution is 2.21. The highest BCUT2D eigenvalue weighted by Gasteiger charge is 2.05. The van der Waals surface area contributed by atoms with Gasteiger partial charge in [-0.15, -0.1) is 13.2 Å². The zero-order chi connectivity index (χ0) is 10.7. The van der Waals surface area contributed by atoms with Gasteiger partial charge >= 0.3 is 0 Å². The van der Waals surface area contributed by atoms with Crippen LogP contribution in [0.15, 0.2) is 55.8 Å². The fourth-order valence-corrected chi connectivity index (χ4v) is 1.94. The molecule has 76 valence electrons. The van der Waals surface area contributed by atoms with Crippen LogP contribution in [0.25, 0.3) is 10.8 Å². The molecule has 0 radical (unpaired) electrons. The summed E-state index contributed by atoms with van der Waals surface area (Å²) in [5.41, 5.74) is 1.32. The summed E-state index contributed by atoms with van der Waals surface area (Å²) >= 11 is 0. The molecule has 0 bridgehead atoms. The van der Waals surface area contributed by atoms with E-state index >= 15 is 0 Å². The zero-order valence-electron chi connectivity index (χ0n) is 8.82. The van der Waals surface area contributed by atoms with Gasteiger partial charge in [0, 0.05) is 30.2 Å². The molecule has 1 nitrogen and oxygen atoms in total. The highest BCUT2D eigenvalue weighted by atomic mass is 15.0. The smallest absolute Gasteiger partial charge is 0.0401 e. The van der Waals surface area contributed by atoms with Crippen LogP contribution in [0.4, 0.5) is 0 Å². The molecule has 0 saturated heterocycles. The molecule has 0 saturated carbocycles. The standard InChI is InChI=1S/C14H15N/c1-3-7-14-13-9-6-5-8-12(13)11-15(14)10-4-2/h3-6,8-9,11H,1-2,7,10H2. The molecule has 0 unspecified atom stereocenters. The molecule has 15 heavy (non-hydrogen) atoms. The predicted molar refractivity (Wildman–Crippen MR) is 66.0 cm³/mol. The van der Waals surface area contributed by atoms with E-state index in [0.717, 1.165) is 13.0 Å². The Labute approximate surface area is 90.3 Å². The number of aromatic nitrogens is 1. The second kappa shape index (κ2) is 4.18. The van der Waals surface area contributed by atoms with Gasteiger partial charge in [0.2, 0.25) is 0 Å². The van der Waals surface area contributed by atoms with Gasteiger partial charge in [-0.3, -0.25) is 0 Å². The van der Waals surface area contributed by atoms with Crippen LogP contribution >= 0.6 is 0 Å². The van der Waals surface area contributed by atoms with Gasteiger partial charge in [-0.05, 0) is 5.39 Å². The molecule has 1 heteroatoms. The van der Waals surface area contributed by atoms with E-state index in [0.29, 0.717) is 0 Å². The zero-order valence-corrected chi connectivity index (χ0v) is 8.82. The molecule has 0 aliphatic rings. The van der Waals surface area contributed by atoms with Crippen molar-refractivity contribution in [2.45, 2.75) is 13.0 Å². The molecule has 0 spiro atoms. The van der Waals surface area contributed by atoms with Crippen molar-refractivity contribution in [2.24, 2.45) is 0 Å². The van der Waals surface area contributed by atoms with E-state index in [9.17, 15) is 0 Å². The fourth-order valence-electron chi connectivity index (χ4n) is 1.94. The van der Waals surface area contributed by atoms with Crippen molar-refractivity contribution in [3.8, 4) is 0 Å². The summed E-state index contributed by atoms with van der Waals surface area (Å²) in [5.74, 6) is 0. The minimum Gasteiger partial charge on any atom is -0.346 e. The summed E-state index contributed by atoms with van der Waals surface area (Å²) in [6.07, 6.45) is 6.95. The number of allylic oxidation sites excluding steroid dienone is 2. The van der Waals surface area contributed by atoms with E-state index in [-0.39, 0.29) is 0 Å². The number of rotatable bonds is 4. The molecule has 0 N–H and O–H groups in total. The first kappa shape index (κ1) is 9.78. The van der Waals surface area contributed by atoms with Crippen molar-refractivity contribution in [1.29, 1.82) is 0 Å². The van der Waals surface area contributed by atoms with E-state index in [4.69, 9.17) is 0 Å². The van der Waals surface area contributed by atoms with Crippen LogP contribution in [-0.4, -0.2) is 4.57 Å². The Morgan fingerprint density at radius 3 is 2.67 bits per heavy atom. The van der Waals surface area contributed by atoms with Gasteiger partial charge in [0.1, 0.15) is 0 Å². The molecule has 1 aromatic heterocycles. The third kappa shape index (κ3) is 1.73. The Bertz CT molecular complexity index is 491. The Morgan fingerprint density at radius 2 is 1.93 bits per heavy atom. The summed E-state index contributed by atoms with van der Waals surface area (Å²) < 4.78 is 2.24. The van der Waals surface area contributed by atoms with Crippen molar-refractivity contribution in [3.05, 3.63) is 61.5 Å². The first-order chi connectivity index (χ1) is 7.36. The predicted octanol–water partition coefficient (Wildman–Crippen LogP) is 3.56. The molecular formula is C14H15N. The molecule has 1 aromatic carbocycles. The van der Waals surface area contributed by atoms with E-state index in [1.54, 1.807) is 0 Å². The van der Waals surface area contributed by atoms with Crippen LogP contribution in [0.3, 0.4) is 0 Å². The van der Waals surface area contributed by atoms with Crippen LogP contribution in [0, 0.1) is 0 Å². The van der Waals surface area contributed by atoms with Crippen LogP contribution in [0.5, 0.6) is 0 Å². The average Bonchev–Trinajstić information content (AvgIpc) is 2.59. The molecule has 0 aliphatic carbocycles. The molecule has 0 amide bonds. The van der Waals surface area contributed by atoms with Crippen molar-refractivity contribution in [3.63, 3.8) is 0 Å². The molecule has 0 atom stereocenters. The Balaban J connectivity index is 2.62. The molecule has 2 aromatic rings. The van der Waals surface area contributed by atoms with Crippen LogP contribution in [0.1, 0.15) is 5.69 Å². The number of fused-ring (bicyclic) bond motifs is 1. The van der Waals surface area contributed by atoms with E-state index < -0.39 is 0 Å². The largest absolute Gasteiger partial charge is 0.346 e. The maximum atomic E-state index is 3.80. The lowest BCUT2D eigenvalue weighted by Gasteiger charge is -2.04. The summed E-state index contributed by atoms with van der Waals surface area (Å²) in [6.45, 7) is 8.44. The summed E-state index contributed by atoms with van der Waals surface area (Å²) in [7, 11) is 0. The molecule has 1 heterocycles. The lowest BCUT2D eigenvalue weighted by molar-refractivity contribution is 0.788. The second-order valence-corrected chi connectivity index (χ2v) is 3.60. The number of benzene rings is 1. The van der Waals surface area contributed by atoms with E-state index in [2.05, 4.69) is 48.2 Å². The Morgan fingerprint density at radius 1 is 1.13 bits per heavy atom. The normalized spacial score (nSPS) is 10.4. The number of hydrogen-bond donors (Lipinski definition) is 0. The van der Waals surface area contributed by atoms with Gasteiger partial charge in [0.05, 0.1) is 0 Å². The van der Waals surface area contributed by atoms with Crippen LogP contribution in [-0.2, 0) is 13.0 Å². The minimum absolute atomic E-state index is 0.859. The summed E-state index contributed by atoms with van der Waals surface area (Å²) in [4.78, 5) is 0. The molecular weight excluding hydrogens is 182 g/mol. The van der Waals surface area contributed by atoms with Crippen molar-refractivity contribution in [2.75, 3.05) is 0 Å². The SMILES string of the molecule is C=CCc1c2ccccc2cn1CC=C. The van der Waals surface area contributed by atoms with Gasteiger partial charge in [-0.25, -0.2) is 0 Å². The first-order valence-corrected chi connectivity index (χ1v) is 5.15. The van der Waals surface area contributed by atoms with E-state index in [1.165, 1.54) is 16.5 Å². The van der Waals surface area contributed by atoms with Gasteiger partial charge in [0.25, 0.3) is 0 Å². The third-order valence-corrected chi connectivity index (χ3v) is 2.58. The van der Waals surface area contributed by atoms with Gasteiger partial charge in [-0.1, -0.05) is 36.4 Å². The fraction of sp³-hybridized carbons (Fsp3) is 0.143. The number of hydrogen-bond acceptors (Lipinski definition) is 0. The molecule has 0 fully saturated rings. The Kier molecular flexibility index (Phi) is 2.72. The van der Waals surface area contributed by atoms with E-state index in [1.807, 2.05) is 12.2 Å². The third-order valence-electron chi connectivity index (χ3n) is 2.58. The second-order valence-electron chi connectivity index (χ2n) is 3.60. The minimum atomic E-state index is 0.859. The maximum absolute atomic E-state index is 3.80. The van der Waals surface area contributed by atoms with Crippen molar-refractivity contribution < 1.29 is 0 Å². The topological polar surface area (TPSA) is 4.93 Å². The summed E-state index contributed by atoms with van der Waals surface area (Å²) in [5, 5.41) is 2.61. The Hall–Kier alpha value is -1.76. The van der Waals surface area contributed by atoms with Crippen molar-refractivity contribution in [1.82, 2.24) is 4.57 Å². The average molecular weight is 197 g/mol. The molecule has 2 rings (SSSR count). The highest BCUT2D eigenvalue weighted by molar-refractivity contribution is 5.85. The monoisotopic (exact) mass is 197 g/mol. The van der Waals surface area contributed by atoms with Crippen LogP contribution < -0.4 is 0 Å². The summed E-state index contributed by atoms with van der Waals surface area (Å²) in [6, 6.07) is 8.45.